The minimum atomic E-state index is -4.15. The average molecular weight is 529 g/mol. The van der Waals surface area contributed by atoms with Gasteiger partial charge in [-0.1, -0.05) is 12.1 Å². The van der Waals surface area contributed by atoms with Gasteiger partial charge in [-0.15, -0.1) is 24.0 Å². The molecule has 1 fully saturated rings. The maximum atomic E-state index is 12.5. The van der Waals surface area contributed by atoms with Crippen molar-refractivity contribution in [2.45, 2.75) is 32.1 Å². The van der Waals surface area contributed by atoms with Gasteiger partial charge in [-0.3, -0.25) is 4.90 Å². The van der Waals surface area contributed by atoms with Crippen molar-refractivity contribution in [2.24, 2.45) is 4.99 Å². The third kappa shape index (κ3) is 10.4. The Morgan fingerprint density at radius 1 is 1.28 bits per heavy atom. The second-order valence-electron chi connectivity index (χ2n) is 6.79. The maximum Gasteiger partial charge on any atom is 0.401 e. The van der Waals surface area contributed by atoms with Crippen LogP contribution in [0.2, 0.25) is 0 Å². The van der Waals surface area contributed by atoms with Crippen molar-refractivity contribution in [1.29, 1.82) is 0 Å². The molecule has 1 aliphatic heterocycles. The molecule has 0 radical (unpaired) electrons. The number of halogens is 4. The van der Waals surface area contributed by atoms with Gasteiger partial charge in [-0.2, -0.15) is 13.2 Å². The average Bonchev–Trinajstić information content (AvgIpc) is 3.06. The normalized spacial score (nSPS) is 17.7. The number of aliphatic imine (C=N–C) groups is 1. The first-order valence-electron chi connectivity index (χ1n) is 9.55. The van der Waals surface area contributed by atoms with Crippen molar-refractivity contribution in [3.05, 3.63) is 29.8 Å². The molecule has 166 valence electrons. The van der Waals surface area contributed by atoms with Crippen molar-refractivity contribution < 1.29 is 17.9 Å². The summed E-state index contributed by atoms with van der Waals surface area (Å²) in [6.45, 7) is 4.48. The summed E-state index contributed by atoms with van der Waals surface area (Å²) >= 11 is 0. The second kappa shape index (κ2) is 13.1. The second-order valence-corrected chi connectivity index (χ2v) is 6.79. The smallest absolute Gasteiger partial charge is 0.383 e. The topological polar surface area (TPSA) is 60.9 Å². The number of nitrogens with zero attached hydrogens (tertiary/aromatic N) is 2. The molecule has 0 saturated carbocycles. The molecule has 1 aromatic carbocycles. The first kappa shape index (κ1) is 25.8. The fourth-order valence-electron chi connectivity index (χ4n) is 3.06. The third-order valence-electron chi connectivity index (χ3n) is 4.37. The number of likely N-dealkylation sites (tertiary alicyclic amines) is 1. The number of benzene rings is 1. The van der Waals surface area contributed by atoms with Crippen LogP contribution in [0, 0.1) is 0 Å². The highest BCUT2D eigenvalue weighted by Gasteiger charge is 2.34. The monoisotopic (exact) mass is 529 g/mol. The fourth-order valence-corrected chi connectivity index (χ4v) is 3.06. The van der Waals surface area contributed by atoms with E-state index < -0.39 is 12.7 Å². The summed E-state index contributed by atoms with van der Waals surface area (Å²) < 4.78 is 42.6. The van der Waals surface area contributed by atoms with Gasteiger partial charge in [0.2, 0.25) is 0 Å². The van der Waals surface area contributed by atoms with Gasteiger partial charge in [-0.05, 0) is 31.0 Å². The van der Waals surface area contributed by atoms with Crippen molar-refractivity contribution in [2.75, 3.05) is 51.8 Å². The van der Waals surface area contributed by atoms with Crippen LogP contribution in [-0.2, 0) is 11.3 Å². The summed E-state index contributed by atoms with van der Waals surface area (Å²) in [4.78, 5) is 5.99. The zero-order valence-electron chi connectivity index (χ0n) is 16.9. The van der Waals surface area contributed by atoms with E-state index in [4.69, 9.17) is 4.74 Å². The van der Waals surface area contributed by atoms with Gasteiger partial charge in [0, 0.05) is 45.0 Å². The highest BCUT2D eigenvalue weighted by atomic mass is 127. The molecule has 0 bridgehead atoms. The summed E-state index contributed by atoms with van der Waals surface area (Å²) in [5.74, 6) is 0.628. The van der Waals surface area contributed by atoms with Gasteiger partial charge in [0.15, 0.2) is 5.96 Å². The zero-order chi connectivity index (χ0) is 20.4. The molecule has 6 nitrogen and oxygen atoms in total. The summed E-state index contributed by atoms with van der Waals surface area (Å²) in [6.07, 6.45) is -3.49. The van der Waals surface area contributed by atoms with Gasteiger partial charge in [-0.25, -0.2) is 4.99 Å². The summed E-state index contributed by atoms with van der Waals surface area (Å²) in [6, 6.07) is 7.96. The first-order chi connectivity index (χ1) is 13.4. The molecule has 1 aliphatic rings. The molecule has 0 aliphatic carbocycles. The number of hydrogen-bond donors (Lipinski definition) is 3. The lowest BCUT2D eigenvalue weighted by atomic mass is 10.2. The van der Waals surface area contributed by atoms with Gasteiger partial charge in [0.1, 0.15) is 0 Å². The molecule has 1 saturated heterocycles. The lowest BCUT2D eigenvalue weighted by molar-refractivity contribution is -0.143. The van der Waals surface area contributed by atoms with E-state index in [-0.39, 0.29) is 30.0 Å². The molecule has 0 aromatic heterocycles. The lowest BCUT2D eigenvalue weighted by Crippen LogP contribution is -2.45. The number of anilines is 1. The molecule has 1 aromatic rings. The van der Waals surface area contributed by atoms with Crippen LogP contribution in [0.3, 0.4) is 0 Å². The van der Waals surface area contributed by atoms with Gasteiger partial charge >= 0.3 is 6.18 Å². The lowest BCUT2D eigenvalue weighted by Gasteiger charge is -2.19. The van der Waals surface area contributed by atoms with Crippen molar-refractivity contribution in [3.8, 4) is 0 Å². The van der Waals surface area contributed by atoms with Gasteiger partial charge in [0.25, 0.3) is 0 Å². The Hall–Kier alpha value is -1.27. The van der Waals surface area contributed by atoms with Crippen LogP contribution >= 0.6 is 24.0 Å². The molecule has 1 atom stereocenters. The standard InChI is InChI=1S/C19H30F3N5O.HI/c1-3-23-18(26-17-8-10-27(13-17)14-19(20,21)22)25-12-15-4-6-16(7-5-15)24-9-11-28-2;/h4-7,17,24H,3,8-14H2,1-2H3,(H2,23,25,26);1H. The SMILES string of the molecule is CCNC(=NCc1ccc(NCCOC)cc1)NC1CCN(CC(F)(F)F)C1.I. The predicted molar refractivity (Wildman–Crippen MR) is 121 cm³/mol. The highest BCUT2D eigenvalue weighted by molar-refractivity contribution is 14.0. The number of nitrogens with one attached hydrogen (secondary N) is 3. The van der Waals surface area contributed by atoms with E-state index in [9.17, 15) is 13.2 Å². The van der Waals surface area contributed by atoms with Gasteiger partial charge < -0.3 is 20.7 Å². The Morgan fingerprint density at radius 3 is 2.62 bits per heavy atom. The van der Waals surface area contributed by atoms with Crippen LogP contribution in [0.25, 0.3) is 0 Å². The van der Waals surface area contributed by atoms with Crippen molar-refractivity contribution >= 4 is 35.6 Å². The minimum Gasteiger partial charge on any atom is -0.383 e. The van der Waals surface area contributed by atoms with Crippen molar-refractivity contribution in [1.82, 2.24) is 15.5 Å². The molecule has 10 heteroatoms. The van der Waals surface area contributed by atoms with Crippen LogP contribution in [0.15, 0.2) is 29.3 Å². The van der Waals surface area contributed by atoms with E-state index in [1.807, 2.05) is 31.2 Å². The van der Waals surface area contributed by atoms with E-state index in [0.717, 1.165) is 17.8 Å². The van der Waals surface area contributed by atoms with Crippen LogP contribution in [0.1, 0.15) is 18.9 Å². The molecule has 1 unspecified atom stereocenters. The predicted octanol–water partition coefficient (Wildman–Crippen LogP) is 3.05. The van der Waals surface area contributed by atoms with Crippen LogP contribution in [0.4, 0.5) is 18.9 Å². The highest BCUT2D eigenvalue weighted by Crippen LogP contribution is 2.20. The van der Waals surface area contributed by atoms with Crippen LogP contribution < -0.4 is 16.0 Å². The van der Waals surface area contributed by atoms with Crippen molar-refractivity contribution in [3.63, 3.8) is 0 Å². The molecular weight excluding hydrogens is 498 g/mol. The Morgan fingerprint density at radius 2 is 2.00 bits per heavy atom. The summed E-state index contributed by atoms with van der Waals surface area (Å²) in [7, 11) is 1.66. The molecule has 3 N–H and O–H groups in total. The number of alkyl halides is 3. The number of ether oxygens (including phenoxy) is 1. The van der Waals surface area contributed by atoms with E-state index in [2.05, 4.69) is 20.9 Å². The number of guanidine groups is 1. The Kier molecular flexibility index (Phi) is 11.7. The molecule has 1 heterocycles. The summed E-state index contributed by atoms with van der Waals surface area (Å²) in [5.41, 5.74) is 2.07. The van der Waals surface area contributed by atoms with Crippen LogP contribution in [-0.4, -0.2) is 69.5 Å². The molecule has 0 spiro atoms. The fraction of sp³-hybridized carbons (Fsp3) is 0.632. The van der Waals surface area contributed by atoms with E-state index in [1.54, 1.807) is 7.11 Å². The molecular formula is C19H31F3IN5O. The Balaban J connectivity index is 0.00000420. The van der Waals surface area contributed by atoms with Crippen LogP contribution in [0.5, 0.6) is 0 Å². The van der Waals surface area contributed by atoms with E-state index in [1.165, 1.54) is 4.90 Å². The Labute approximate surface area is 187 Å². The molecule has 0 amide bonds. The van der Waals surface area contributed by atoms with Gasteiger partial charge in [0.05, 0.1) is 19.7 Å². The number of hydrogen-bond acceptors (Lipinski definition) is 4. The quantitative estimate of drug-likeness (QED) is 0.199. The Bertz CT molecular complexity index is 613. The maximum absolute atomic E-state index is 12.5. The summed E-state index contributed by atoms with van der Waals surface area (Å²) in [5, 5.41) is 9.67. The van der Waals surface area contributed by atoms with E-state index in [0.29, 0.717) is 45.2 Å². The largest absolute Gasteiger partial charge is 0.401 e. The third-order valence-corrected chi connectivity index (χ3v) is 4.37. The number of rotatable bonds is 9. The zero-order valence-corrected chi connectivity index (χ0v) is 19.2. The minimum absolute atomic E-state index is 0. The van der Waals surface area contributed by atoms with E-state index >= 15 is 0 Å². The molecule has 29 heavy (non-hydrogen) atoms. The molecule has 2 rings (SSSR count). The number of methoxy groups -OCH3 is 1. The first-order valence-corrected chi connectivity index (χ1v) is 9.55.